The summed E-state index contributed by atoms with van der Waals surface area (Å²) in [6, 6.07) is 4.19. The molecule has 0 aliphatic carbocycles. The SMILES string of the molecule is CC(C)CNC(=O)CN(C)c1ccc(F)cc1C(C)O. The van der Waals surface area contributed by atoms with Crippen LogP contribution in [0.5, 0.6) is 0 Å². The molecule has 2 N–H and O–H groups in total. The number of aliphatic hydroxyl groups is 1. The van der Waals surface area contributed by atoms with Gasteiger partial charge in [-0.05, 0) is 31.0 Å². The second kappa shape index (κ2) is 7.24. The summed E-state index contributed by atoms with van der Waals surface area (Å²) in [6.07, 6.45) is -0.790. The van der Waals surface area contributed by atoms with Crippen molar-refractivity contribution in [1.82, 2.24) is 5.32 Å². The molecule has 0 spiro atoms. The van der Waals surface area contributed by atoms with Gasteiger partial charge in [0.25, 0.3) is 0 Å². The topological polar surface area (TPSA) is 52.6 Å². The van der Waals surface area contributed by atoms with E-state index in [0.29, 0.717) is 23.7 Å². The zero-order chi connectivity index (χ0) is 15.3. The Balaban J connectivity index is 2.77. The number of carbonyl (C=O) groups excluding carboxylic acids is 1. The van der Waals surface area contributed by atoms with E-state index in [0.717, 1.165) is 0 Å². The highest BCUT2D eigenvalue weighted by Crippen LogP contribution is 2.26. The number of halogens is 1. The molecule has 1 atom stereocenters. The third-order valence-corrected chi connectivity index (χ3v) is 2.94. The van der Waals surface area contributed by atoms with Crippen LogP contribution in [-0.2, 0) is 4.79 Å². The quantitative estimate of drug-likeness (QED) is 0.840. The number of rotatable bonds is 6. The van der Waals surface area contributed by atoms with Crippen LogP contribution in [0.15, 0.2) is 18.2 Å². The van der Waals surface area contributed by atoms with Crippen molar-refractivity contribution in [2.75, 3.05) is 25.0 Å². The minimum absolute atomic E-state index is 0.0953. The molecule has 20 heavy (non-hydrogen) atoms. The molecule has 0 aromatic heterocycles. The Kier molecular flexibility index (Phi) is 5.95. The summed E-state index contributed by atoms with van der Waals surface area (Å²) < 4.78 is 13.2. The van der Waals surface area contributed by atoms with Gasteiger partial charge in [-0.3, -0.25) is 4.79 Å². The highest BCUT2D eigenvalue weighted by Gasteiger charge is 2.15. The molecule has 1 rings (SSSR count). The van der Waals surface area contributed by atoms with Crippen LogP contribution in [0.25, 0.3) is 0 Å². The fraction of sp³-hybridized carbons (Fsp3) is 0.533. The van der Waals surface area contributed by atoms with Crippen LogP contribution in [0.1, 0.15) is 32.4 Å². The maximum atomic E-state index is 13.2. The molecule has 0 heterocycles. The normalized spacial score (nSPS) is 12.3. The third-order valence-electron chi connectivity index (χ3n) is 2.94. The van der Waals surface area contributed by atoms with Crippen LogP contribution in [0.4, 0.5) is 10.1 Å². The lowest BCUT2D eigenvalue weighted by atomic mass is 10.1. The van der Waals surface area contributed by atoms with Crippen molar-refractivity contribution >= 4 is 11.6 Å². The Morgan fingerprint density at radius 2 is 2.05 bits per heavy atom. The number of hydrogen-bond donors (Lipinski definition) is 2. The summed E-state index contributed by atoms with van der Waals surface area (Å²) in [7, 11) is 1.74. The van der Waals surface area contributed by atoms with Gasteiger partial charge in [0.05, 0.1) is 12.6 Å². The first-order valence-corrected chi connectivity index (χ1v) is 6.76. The summed E-state index contributed by atoms with van der Waals surface area (Å²) in [4.78, 5) is 13.5. The van der Waals surface area contributed by atoms with E-state index in [1.165, 1.54) is 12.1 Å². The van der Waals surface area contributed by atoms with Gasteiger partial charge in [-0.25, -0.2) is 4.39 Å². The lowest BCUT2D eigenvalue weighted by Gasteiger charge is -2.23. The van der Waals surface area contributed by atoms with E-state index in [1.807, 2.05) is 13.8 Å². The second-order valence-electron chi connectivity index (χ2n) is 5.43. The van der Waals surface area contributed by atoms with E-state index in [1.54, 1.807) is 24.9 Å². The van der Waals surface area contributed by atoms with Crippen LogP contribution in [0, 0.1) is 11.7 Å². The summed E-state index contributed by atoms with van der Waals surface area (Å²) in [5.74, 6) is -0.104. The standard InChI is InChI=1S/C15H23FN2O2/c1-10(2)8-17-15(20)9-18(4)14-6-5-12(16)7-13(14)11(3)19/h5-7,10-11,19H,8-9H2,1-4H3,(H,17,20). The molecule has 1 amide bonds. The van der Waals surface area contributed by atoms with Crippen molar-refractivity contribution in [2.24, 2.45) is 5.92 Å². The van der Waals surface area contributed by atoms with Crippen LogP contribution in [-0.4, -0.2) is 31.2 Å². The number of benzene rings is 1. The van der Waals surface area contributed by atoms with Gasteiger partial charge >= 0.3 is 0 Å². The highest BCUT2D eigenvalue weighted by molar-refractivity contribution is 5.81. The number of hydrogen-bond acceptors (Lipinski definition) is 3. The lowest BCUT2D eigenvalue weighted by Crippen LogP contribution is -2.37. The van der Waals surface area contributed by atoms with Gasteiger partial charge in [-0.2, -0.15) is 0 Å². The minimum Gasteiger partial charge on any atom is -0.389 e. The first-order chi connectivity index (χ1) is 9.31. The van der Waals surface area contributed by atoms with Gasteiger partial charge in [-0.15, -0.1) is 0 Å². The van der Waals surface area contributed by atoms with Gasteiger partial charge in [0.15, 0.2) is 0 Å². The number of nitrogens with one attached hydrogen (secondary N) is 1. The van der Waals surface area contributed by atoms with Gasteiger partial charge in [0.2, 0.25) is 5.91 Å². The first kappa shape index (κ1) is 16.4. The predicted molar refractivity (Wildman–Crippen MR) is 78.2 cm³/mol. The molecule has 4 nitrogen and oxygen atoms in total. The molecule has 0 saturated heterocycles. The third kappa shape index (κ3) is 4.81. The van der Waals surface area contributed by atoms with Crippen molar-refractivity contribution in [3.63, 3.8) is 0 Å². The minimum atomic E-state index is -0.790. The molecule has 5 heteroatoms. The first-order valence-electron chi connectivity index (χ1n) is 6.76. The molecule has 0 aliphatic rings. The van der Waals surface area contributed by atoms with Crippen LogP contribution in [0.2, 0.25) is 0 Å². The van der Waals surface area contributed by atoms with Gasteiger partial charge < -0.3 is 15.3 Å². The Hall–Kier alpha value is -1.62. The van der Waals surface area contributed by atoms with E-state index in [2.05, 4.69) is 5.32 Å². The van der Waals surface area contributed by atoms with Crippen LogP contribution >= 0.6 is 0 Å². The van der Waals surface area contributed by atoms with Gasteiger partial charge in [0.1, 0.15) is 5.82 Å². The molecule has 0 radical (unpaired) electrons. The zero-order valence-corrected chi connectivity index (χ0v) is 12.5. The maximum Gasteiger partial charge on any atom is 0.239 e. The number of likely N-dealkylation sites (N-methyl/N-ethyl adjacent to an activating group) is 1. The predicted octanol–water partition coefficient (Wildman–Crippen LogP) is 2.09. The number of amides is 1. The summed E-state index contributed by atoms with van der Waals surface area (Å²) in [5.41, 5.74) is 1.13. The molecular formula is C15H23FN2O2. The Bertz CT molecular complexity index is 461. The highest BCUT2D eigenvalue weighted by atomic mass is 19.1. The molecule has 1 unspecified atom stereocenters. The average Bonchev–Trinajstić information content (AvgIpc) is 2.35. The van der Waals surface area contributed by atoms with E-state index < -0.39 is 11.9 Å². The number of carbonyl (C=O) groups is 1. The molecular weight excluding hydrogens is 259 g/mol. The van der Waals surface area contributed by atoms with Crippen LogP contribution < -0.4 is 10.2 Å². The molecule has 1 aromatic carbocycles. The second-order valence-corrected chi connectivity index (χ2v) is 5.43. The fourth-order valence-corrected chi connectivity index (χ4v) is 1.88. The number of aliphatic hydroxyl groups excluding tert-OH is 1. The Morgan fingerprint density at radius 1 is 1.40 bits per heavy atom. The molecule has 0 aliphatic heterocycles. The zero-order valence-electron chi connectivity index (χ0n) is 12.5. The largest absolute Gasteiger partial charge is 0.389 e. The Morgan fingerprint density at radius 3 is 2.60 bits per heavy atom. The monoisotopic (exact) mass is 282 g/mol. The number of anilines is 1. The van der Waals surface area contributed by atoms with Gasteiger partial charge in [0, 0.05) is 24.8 Å². The molecule has 0 saturated carbocycles. The van der Waals surface area contributed by atoms with E-state index in [-0.39, 0.29) is 12.5 Å². The summed E-state index contributed by atoms with van der Waals surface area (Å²) >= 11 is 0. The van der Waals surface area contributed by atoms with Crippen molar-refractivity contribution in [3.8, 4) is 0 Å². The van der Waals surface area contributed by atoms with Crippen molar-refractivity contribution in [2.45, 2.75) is 26.9 Å². The average molecular weight is 282 g/mol. The number of nitrogens with zero attached hydrogens (tertiary/aromatic N) is 1. The fourth-order valence-electron chi connectivity index (χ4n) is 1.88. The smallest absolute Gasteiger partial charge is 0.239 e. The van der Waals surface area contributed by atoms with Crippen molar-refractivity contribution < 1.29 is 14.3 Å². The summed E-state index contributed by atoms with van der Waals surface area (Å²) in [5, 5.41) is 12.5. The Labute approximate surface area is 119 Å². The lowest BCUT2D eigenvalue weighted by molar-refractivity contribution is -0.119. The molecule has 112 valence electrons. The maximum absolute atomic E-state index is 13.2. The van der Waals surface area contributed by atoms with Crippen LogP contribution in [0.3, 0.4) is 0 Å². The van der Waals surface area contributed by atoms with Crippen molar-refractivity contribution in [3.05, 3.63) is 29.6 Å². The summed E-state index contributed by atoms with van der Waals surface area (Å²) in [6.45, 7) is 6.41. The molecule has 1 aromatic rings. The van der Waals surface area contributed by atoms with Crippen molar-refractivity contribution in [1.29, 1.82) is 0 Å². The van der Waals surface area contributed by atoms with E-state index >= 15 is 0 Å². The van der Waals surface area contributed by atoms with Gasteiger partial charge in [-0.1, -0.05) is 13.8 Å². The van der Waals surface area contributed by atoms with E-state index in [4.69, 9.17) is 0 Å². The molecule has 0 bridgehead atoms. The molecule has 0 fully saturated rings. The van der Waals surface area contributed by atoms with E-state index in [9.17, 15) is 14.3 Å².